The third kappa shape index (κ3) is 5.05. The summed E-state index contributed by atoms with van der Waals surface area (Å²) in [6, 6.07) is 0. The smallest absolute Gasteiger partial charge is 0.410 e. The number of carbonyl (C=O) groups is 3. The molecule has 7 nitrogen and oxygen atoms in total. The molecule has 2 heterocycles. The second-order valence-corrected chi connectivity index (χ2v) is 8.54. The van der Waals surface area contributed by atoms with Gasteiger partial charge in [-0.1, -0.05) is 64.8 Å². The Balaban J connectivity index is 2.41. The van der Waals surface area contributed by atoms with E-state index in [0.29, 0.717) is 12.8 Å². The monoisotopic (exact) mass is 420 g/mol. The van der Waals surface area contributed by atoms with Crippen molar-refractivity contribution in [3.63, 3.8) is 0 Å². The van der Waals surface area contributed by atoms with Crippen LogP contribution in [-0.2, 0) is 14.3 Å². The molecule has 2 fully saturated rings. The Labute approximate surface area is 180 Å². The zero-order valence-corrected chi connectivity index (χ0v) is 18.5. The number of hydrogen-bond donors (Lipinski definition) is 0. The molecule has 0 atom stereocenters. The first kappa shape index (κ1) is 24.0. The lowest BCUT2D eigenvalue weighted by Gasteiger charge is -2.56. The maximum atomic E-state index is 13.8. The van der Waals surface area contributed by atoms with Gasteiger partial charge in [0.25, 0.3) is 0 Å². The Kier molecular flexibility index (Phi) is 8.50. The molecule has 2 aliphatic rings. The van der Waals surface area contributed by atoms with Gasteiger partial charge >= 0.3 is 12.2 Å². The summed E-state index contributed by atoms with van der Waals surface area (Å²) < 4.78 is 10.6. The SMILES string of the molecule is C=CCOC(=O)N1CC2(CCCC)CN(C(=O)OCC=C)CC(CCCC)(C1)C2=O. The first-order valence-corrected chi connectivity index (χ1v) is 11.0. The number of nitrogens with zero attached hydrogens (tertiary/aromatic N) is 2. The molecule has 2 amide bonds. The topological polar surface area (TPSA) is 76.2 Å². The number of piperidine rings is 2. The normalized spacial score (nSPS) is 25.6. The highest BCUT2D eigenvalue weighted by Gasteiger charge is 2.61. The van der Waals surface area contributed by atoms with E-state index >= 15 is 0 Å². The van der Waals surface area contributed by atoms with Crippen LogP contribution in [0.4, 0.5) is 9.59 Å². The third-order valence-electron chi connectivity index (χ3n) is 6.12. The Hall–Kier alpha value is -2.31. The summed E-state index contributed by atoms with van der Waals surface area (Å²) in [7, 11) is 0. The predicted molar refractivity (Wildman–Crippen MR) is 115 cm³/mol. The highest BCUT2D eigenvalue weighted by molar-refractivity contribution is 5.95. The fourth-order valence-electron chi connectivity index (χ4n) is 4.80. The van der Waals surface area contributed by atoms with E-state index in [4.69, 9.17) is 9.47 Å². The minimum Gasteiger partial charge on any atom is -0.445 e. The molecule has 0 aromatic rings. The van der Waals surface area contributed by atoms with Crippen LogP contribution in [0.2, 0.25) is 0 Å². The summed E-state index contributed by atoms with van der Waals surface area (Å²) in [6.07, 6.45) is 7.03. The van der Waals surface area contributed by atoms with E-state index in [0.717, 1.165) is 25.7 Å². The first-order valence-electron chi connectivity index (χ1n) is 11.0. The zero-order valence-electron chi connectivity index (χ0n) is 18.5. The maximum Gasteiger partial charge on any atom is 0.410 e. The average molecular weight is 421 g/mol. The van der Waals surface area contributed by atoms with Crippen molar-refractivity contribution in [2.24, 2.45) is 10.8 Å². The molecule has 0 aromatic heterocycles. The minimum atomic E-state index is -0.791. The highest BCUT2D eigenvalue weighted by atomic mass is 16.6. The third-order valence-corrected chi connectivity index (χ3v) is 6.12. The lowest BCUT2D eigenvalue weighted by atomic mass is 9.59. The fraction of sp³-hybridized carbons (Fsp3) is 0.696. The molecule has 7 heteroatoms. The molecule has 0 N–H and O–H groups in total. The summed E-state index contributed by atoms with van der Waals surface area (Å²) in [4.78, 5) is 42.6. The van der Waals surface area contributed by atoms with Crippen molar-refractivity contribution in [3.05, 3.63) is 25.3 Å². The van der Waals surface area contributed by atoms with E-state index in [1.54, 1.807) is 9.80 Å². The molecule has 30 heavy (non-hydrogen) atoms. The Morgan fingerprint density at radius 3 is 1.53 bits per heavy atom. The van der Waals surface area contributed by atoms with Crippen LogP contribution >= 0.6 is 0 Å². The standard InChI is InChI=1S/C23H36N2O5/c1-5-9-11-22-15-24(20(27)29-13-7-3)17-23(19(22)26,12-10-6-2)18-25(16-22)21(28)30-14-8-4/h7-8H,3-6,9-18H2,1-2H3. The van der Waals surface area contributed by atoms with E-state index in [1.807, 2.05) is 0 Å². The van der Waals surface area contributed by atoms with Gasteiger partial charge in [0.2, 0.25) is 0 Å². The van der Waals surface area contributed by atoms with Gasteiger partial charge in [-0.3, -0.25) is 4.79 Å². The highest BCUT2D eigenvalue weighted by Crippen LogP contribution is 2.48. The van der Waals surface area contributed by atoms with E-state index in [1.165, 1.54) is 12.2 Å². The summed E-state index contributed by atoms with van der Waals surface area (Å²) in [5.41, 5.74) is -1.58. The number of rotatable bonds is 10. The van der Waals surface area contributed by atoms with E-state index in [-0.39, 0.29) is 45.2 Å². The van der Waals surface area contributed by atoms with E-state index in [9.17, 15) is 14.4 Å². The number of ketones is 1. The predicted octanol–water partition coefficient (Wildman–Crippen LogP) is 4.19. The molecule has 2 saturated heterocycles. The number of ether oxygens (including phenoxy) is 2. The molecule has 0 radical (unpaired) electrons. The van der Waals surface area contributed by atoms with Crippen LogP contribution in [0.3, 0.4) is 0 Å². The number of Topliss-reactive ketones (excluding diaryl/α,β-unsaturated/α-hetero) is 1. The second-order valence-electron chi connectivity index (χ2n) is 8.54. The molecular weight excluding hydrogens is 384 g/mol. The molecule has 0 spiro atoms. The molecule has 2 aliphatic heterocycles. The molecule has 0 saturated carbocycles. The van der Waals surface area contributed by atoms with Gasteiger partial charge < -0.3 is 19.3 Å². The lowest BCUT2D eigenvalue weighted by Crippen LogP contribution is -2.71. The van der Waals surface area contributed by atoms with Crippen molar-refractivity contribution >= 4 is 18.0 Å². The molecular formula is C23H36N2O5. The molecule has 2 bridgehead atoms. The summed E-state index contributed by atoms with van der Waals surface area (Å²) in [5, 5.41) is 0. The Bertz CT molecular complexity index is 594. The number of hydrogen-bond acceptors (Lipinski definition) is 5. The number of amides is 2. The van der Waals surface area contributed by atoms with Crippen molar-refractivity contribution in [2.75, 3.05) is 39.4 Å². The van der Waals surface area contributed by atoms with Crippen LogP contribution in [0.15, 0.2) is 25.3 Å². The molecule has 0 aromatic carbocycles. The molecule has 0 unspecified atom stereocenters. The van der Waals surface area contributed by atoms with Gasteiger partial charge in [0.1, 0.15) is 13.2 Å². The molecule has 2 rings (SSSR count). The second kappa shape index (κ2) is 10.6. The van der Waals surface area contributed by atoms with E-state index < -0.39 is 23.0 Å². The van der Waals surface area contributed by atoms with Crippen LogP contribution in [0.1, 0.15) is 52.4 Å². The van der Waals surface area contributed by atoms with Gasteiger partial charge in [-0.05, 0) is 12.8 Å². The van der Waals surface area contributed by atoms with Crippen molar-refractivity contribution in [1.82, 2.24) is 9.80 Å². The van der Waals surface area contributed by atoms with Crippen LogP contribution < -0.4 is 0 Å². The average Bonchev–Trinajstić information content (AvgIpc) is 2.74. The van der Waals surface area contributed by atoms with Gasteiger partial charge in [0, 0.05) is 26.2 Å². The van der Waals surface area contributed by atoms with Gasteiger partial charge in [0.05, 0.1) is 10.8 Å². The zero-order chi connectivity index (χ0) is 22.2. The van der Waals surface area contributed by atoms with Gasteiger partial charge in [-0.25, -0.2) is 9.59 Å². The largest absolute Gasteiger partial charge is 0.445 e. The van der Waals surface area contributed by atoms with Crippen molar-refractivity contribution in [2.45, 2.75) is 52.4 Å². The van der Waals surface area contributed by atoms with Crippen molar-refractivity contribution in [3.8, 4) is 0 Å². The summed E-state index contributed by atoms with van der Waals surface area (Å²) in [6.45, 7) is 12.7. The van der Waals surface area contributed by atoms with Crippen LogP contribution in [0.5, 0.6) is 0 Å². The number of unbranched alkanes of at least 4 members (excludes halogenated alkanes) is 2. The number of likely N-dealkylation sites (tertiary alicyclic amines) is 2. The van der Waals surface area contributed by atoms with Crippen LogP contribution in [-0.4, -0.2) is 67.2 Å². The van der Waals surface area contributed by atoms with Crippen LogP contribution in [0, 0.1) is 10.8 Å². The van der Waals surface area contributed by atoms with Gasteiger partial charge in [-0.2, -0.15) is 0 Å². The Morgan fingerprint density at radius 1 is 0.867 bits per heavy atom. The van der Waals surface area contributed by atoms with E-state index in [2.05, 4.69) is 27.0 Å². The molecule has 168 valence electrons. The van der Waals surface area contributed by atoms with Gasteiger partial charge in [-0.15, -0.1) is 0 Å². The fourth-order valence-corrected chi connectivity index (χ4v) is 4.80. The summed E-state index contributed by atoms with van der Waals surface area (Å²) in [5.74, 6) is 0.192. The first-order chi connectivity index (χ1) is 14.4. The van der Waals surface area contributed by atoms with Crippen molar-refractivity contribution in [1.29, 1.82) is 0 Å². The van der Waals surface area contributed by atoms with Gasteiger partial charge in [0.15, 0.2) is 5.78 Å². The maximum absolute atomic E-state index is 13.8. The Morgan fingerprint density at radius 2 is 1.23 bits per heavy atom. The van der Waals surface area contributed by atoms with Crippen molar-refractivity contribution < 1.29 is 23.9 Å². The minimum absolute atomic E-state index is 0.132. The number of carbonyl (C=O) groups excluding carboxylic acids is 3. The number of fused-ring (bicyclic) bond motifs is 2. The quantitative estimate of drug-likeness (QED) is 0.496. The van der Waals surface area contributed by atoms with Crippen LogP contribution in [0.25, 0.3) is 0 Å². The molecule has 0 aliphatic carbocycles. The lowest BCUT2D eigenvalue weighted by molar-refractivity contribution is -0.159. The summed E-state index contributed by atoms with van der Waals surface area (Å²) >= 11 is 0.